The first-order valence-electron chi connectivity index (χ1n) is 6.81. The molecule has 0 amide bonds. The number of fused-ring (bicyclic) bond motifs is 2. The minimum absolute atomic E-state index is 0.434. The number of hydrogen-bond donors (Lipinski definition) is 1. The van der Waals surface area contributed by atoms with Gasteiger partial charge >= 0.3 is 0 Å². The first-order valence-corrected chi connectivity index (χ1v) is 6.81. The number of hydrogen-bond acceptors (Lipinski definition) is 2. The summed E-state index contributed by atoms with van der Waals surface area (Å²) in [6.07, 6.45) is 9.92. The van der Waals surface area contributed by atoms with Gasteiger partial charge in [-0.3, -0.25) is 10.2 Å². The second-order valence-corrected chi connectivity index (χ2v) is 5.97. The van der Waals surface area contributed by atoms with Gasteiger partial charge in [0.2, 0.25) is 0 Å². The maximum Gasteiger partial charge on any atom is 0.0715 e. The molecule has 3 heterocycles. The van der Waals surface area contributed by atoms with Gasteiger partial charge in [-0.1, -0.05) is 6.92 Å². The van der Waals surface area contributed by atoms with Crippen molar-refractivity contribution in [3.05, 3.63) is 0 Å². The quantitative estimate of drug-likeness (QED) is 0.711. The topological polar surface area (TPSA) is 15.3 Å². The highest BCUT2D eigenvalue weighted by Crippen LogP contribution is 2.39. The third kappa shape index (κ3) is 1.72. The Kier molecular flexibility index (Phi) is 2.52. The molecular formula is C13H24N2. The molecule has 0 aromatic heterocycles. The SMILES string of the molecule is CC1CCN(C23CCCC(CC2)N3)CC1. The van der Waals surface area contributed by atoms with E-state index >= 15 is 0 Å². The largest absolute Gasteiger partial charge is 0.296 e. The van der Waals surface area contributed by atoms with Crippen LogP contribution in [0.3, 0.4) is 0 Å². The summed E-state index contributed by atoms with van der Waals surface area (Å²) in [5, 5.41) is 3.91. The maximum atomic E-state index is 3.91. The van der Waals surface area contributed by atoms with Crippen LogP contribution in [0.5, 0.6) is 0 Å². The average Bonchev–Trinajstić information content (AvgIpc) is 2.56. The van der Waals surface area contributed by atoms with E-state index in [4.69, 9.17) is 0 Å². The number of rotatable bonds is 1. The maximum absolute atomic E-state index is 3.91. The Morgan fingerprint density at radius 3 is 2.67 bits per heavy atom. The zero-order valence-electron chi connectivity index (χ0n) is 9.97. The van der Waals surface area contributed by atoms with Gasteiger partial charge in [0.1, 0.15) is 0 Å². The van der Waals surface area contributed by atoms with Crippen LogP contribution in [-0.4, -0.2) is 29.7 Å². The van der Waals surface area contributed by atoms with E-state index in [2.05, 4.69) is 17.1 Å². The molecule has 0 aromatic carbocycles. The second kappa shape index (κ2) is 3.74. The molecule has 2 nitrogen and oxygen atoms in total. The molecule has 2 heteroatoms. The molecule has 3 saturated heterocycles. The smallest absolute Gasteiger partial charge is 0.0715 e. The van der Waals surface area contributed by atoms with Gasteiger partial charge in [-0.25, -0.2) is 0 Å². The lowest BCUT2D eigenvalue weighted by atomic mass is 9.92. The summed E-state index contributed by atoms with van der Waals surface area (Å²) in [6.45, 7) is 5.07. The molecule has 2 unspecified atom stereocenters. The first kappa shape index (κ1) is 10.1. The van der Waals surface area contributed by atoms with Crippen molar-refractivity contribution in [1.82, 2.24) is 10.2 Å². The molecule has 1 N–H and O–H groups in total. The number of likely N-dealkylation sites (tertiary alicyclic amines) is 1. The highest BCUT2D eigenvalue weighted by molar-refractivity contribution is 5.01. The summed E-state index contributed by atoms with van der Waals surface area (Å²) in [7, 11) is 0. The van der Waals surface area contributed by atoms with E-state index in [0.29, 0.717) is 5.66 Å². The molecular weight excluding hydrogens is 184 g/mol. The number of nitrogens with zero attached hydrogens (tertiary/aromatic N) is 1. The fraction of sp³-hybridized carbons (Fsp3) is 1.00. The molecule has 3 aliphatic heterocycles. The van der Waals surface area contributed by atoms with E-state index in [1.165, 1.54) is 58.0 Å². The molecule has 3 aliphatic rings. The number of piperidine rings is 2. The molecule has 2 bridgehead atoms. The van der Waals surface area contributed by atoms with Crippen LogP contribution in [0, 0.1) is 5.92 Å². The Morgan fingerprint density at radius 1 is 1.07 bits per heavy atom. The van der Waals surface area contributed by atoms with Crippen molar-refractivity contribution in [1.29, 1.82) is 0 Å². The summed E-state index contributed by atoms with van der Waals surface area (Å²) < 4.78 is 0. The van der Waals surface area contributed by atoms with Gasteiger partial charge in [0, 0.05) is 19.1 Å². The summed E-state index contributed by atoms with van der Waals surface area (Å²) >= 11 is 0. The Balaban J connectivity index is 1.70. The van der Waals surface area contributed by atoms with Crippen molar-refractivity contribution >= 4 is 0 Å². The van der Waals surface area contributed by atoms with Crippen LogP contribution in [0.2, 0.25) is 0 Å². The van der Waals surface area contributed by atoms with Crippen molar-refractivity contribution in [2.24, 2.45) is 5.92 Å². The van der Waals surface area contributed by atoms with Gasteiger partial charge in [0.15, 0.2) is 0 Å². The van der Waals surface area contributed by atoms with Crippen LogP contribution in [0.4, 0.5) is 0 Å². The molecule has 0 aliphatic carbocycles. The van der Waals surface area contributed by atoms with Crippen molar-refractivity contribution in [2.75, 3.05) is 13.1 Å². The lowest BCUT2D eigenvalue weighted by Crippen LogP contribution is -2.60. The standard InChI is InChI=1S/C13H24N2/c1-11-5-9-15(10-6-11)13-7-2-3-12(14-13)4-8-13/h11-12,14H,2-10H2,1H3. The van der Waals surface area contributed by atoms with E-state index < -0.39 is 0 Å². The molecule has 0 spiro atoms. The molecule has 0 radical (unpaired) electrons. The van der Waals surface area contributed by atoms with Gasteiger partial charge in [-0.2, -0.15) is 0 Å². The Hall–Kier alpha value is -0.0800. The molecule has 15 heavy (non-hydrogen) atoms. The van der Waals surface area contributed by atoms with Crippen LogP contribution in [-0.2, 0) is 0 Å². The fourth-order valence-corrected chi connectivity index (χ4v) is 3.84. The van der Waals surface area contributed by atoms with Crippen molar-refractivity contribution < 1.29 is 0 Å². The van der Waals surface area contributed by atoms with Crippen molar-refractivity contribution in [2.45, 2.75) is 63.6 Å². The van der Waals surface area contributed by atoms with Gasteiger partial charge in [-0.15, -0.1) is 0 Å². The van der Waals surface area contributed by atoms with Gasteiger partial charge in [0.05, 0.1) is 5.66 Å². The Morgan fingerprint density at radius 2 is 1.87 bits per heavy atom. The third-order valence-electron chi connectivity index (χ3n) is 4.91. The van der Waals surface area contributed by atoms with Crippen LogP contribution in [0.25, 0.3) is 0 Å². The lowest BCUT2D eigenvalue weighted by Gasteiger charge is -2.47. The van der Waals surface area contributed by atoms with Crippen molar-refractivity contribution in [3.63, 3.8) is 0 Å². The highest BCUT2D eigenvalue weighted by atomic mass is 15.3. The molecule has 0 saturated carbocycles. The summed E-state index contributed by atoms with van der Waals surface area (Å²) in [4.78, 5) is 2.77. The summed E-state index contributed by atoms with van der Waals surface area (Å²) in [5.41, 5.74) is 0.434. The molecule has 3 fully saturated rings. The number of nitrogens with one attached hydrogen (secondary N) is 1. The third-order valence-corrected chi connectivity index (χ3v) is 4.91. The van der Waals surface area contributed by atoms with Gasteiger partial charge in [-0.05, 0) is 50.9 Å². The minimum Gasteiger partial charge on any atom is -0.296 e. The van der Waals surface area contributed by atoms with Gasteiger partial charge in [0.25, 0.3) is 0 Å². The fourth-order valence-electron chi connectivity index (χ4n) is 3.84. The van der Waals surface area contributed by atoms with E-state index in [-0.39, 0.29) is 0 Å². The summed E-state index contributed by atoms with van der Waals surface area (Å²) in [5.74, 6) is 0.957. The second-order valence-electron chi connectivity index (χ2n) is 5.97. The molecule has 2 atom stereocenters. The van der Waals surface area contributed by atoms with Crippen LogP contribution >= 0.6 is 0 Å². The monoisotopic (exact) mass is 208 g/mol. The summed E-state index contributed by atoms with van der Waals surface area (Å²) in [6, 6.07) is 0.845. The normalized spacial score (nSPS) is 43.4. The zero-order valence-corrected chi connectivity index (χ0v) is 9.97. The van der Waals surface area contributed by atoms with E-state index in [9.17, 15) is 0 Å². The zero-order chi connectivity index (χ0) is 10.3. The van der Waals surface area contributed by atoms with Crippen LogP contribution in [0.1, 0.15) is 51.9 Å². The predicted octanol–water partition coefficient (Wildman–Crippen LogP) is 2.35. The van der Waals surface area contributed by atoms with E-state index in [1.54, 1.807) is 0 Å². The molecule has 0 aromatic rings. The first-order chi connectivity index (χ1) is 7.28. The van der Waals surface area contributed by atoms with Crippen LogP contribution in [0.15, 0.2) is 0 Å². The average molecular weight is 208 g/mol. The highest BCUT2D eigenvalue weighted by Gasteiger charge is 2.45. The molecule has 86 valence electrons. The lowest BCUT2D eigenvalue weighted by molar-refractivity contribution is 0.0173. The minimum atomic E-state index is 0.434. The molecule has 3 rings (SSSR count). The Bertz CT molecular complexity index is 229. The predicted molar refractivity (Wildman–Crippen MR) is 62.7 cm³/mol. The van der Waals surface area contributed by atoms with Crippen LogP contribution < -0.4 is 5.32 Å². The van der Waals surface area contributed by atoms with E-state index in [1.807, 2.05) is 0 Å². The van der Waals surface area contributed by atoms with Crippen molar-refractivity contribution in [3.8, 4) is 0 Å². The Labute approximate surface area is 93.4 Å². The van der Waals surface area contributed by atoms with Gasteiger partial charge < -0.3 is 0 Å². The van der Waals surface area contributed by atoms with E-state index in [0.717, 1.165) is 12.0 Å².